The SMILES string of the molecule is CCN(CC)CCCc1cc(C(=O)O)c(OC)c(-c2ccoc2)c1CS(=O)(=O)c1ccccc1. The molecule has 0 unspecified atom stereocenters. The standard InChI is InChI=1S/C26H31NO6S/c1-4-27(5-2)14-9-10-19-16-22(26(28)29)25(32-3)24(20-13-15-33-17-20)23(19)18-34(30,31)21-11-7-6-8-12-21/h6-8,11-13,15-17H,4-5,9-10,14,18H2,1-3H3,(H,28,29). The Morgan fingerprint density at radius 3 is 2.38 bits per heavy atom. The third kappa shape index (κ3) is 5.69. The number of carboxylic acid groups (broad SMARTS) is 1. The molecule has 0 spiro atoms. The van der Waals surface area contributed by atoms with Crippen LogP contribution < -0.4 is 4.74 Å². The van der Waals surface area contributed by atoms with E-state index in [0.717, 1.165) is 26.1 Å². The molecule has 0 aliphatic heterocycles. The van der Waals surface area contributed by atoms with Crippen LogP contribution in [0.3, 0.4) is 0 Å². The van der Waals surface area contributed by atoms with Crippen molar-refractivity contribution in [3.63, 3.8) is 0 Å². The maximum atomic E-state index is 13.4. The third-order valence-electron chi connectivity index (χ3n) is 5.98. The zero-order chi connectivity index (χ0) is 24.7. The summed E-state index contributed by atoms with van der Waals surface area (Å²) in [7, 11) is -2.31. The Morgan fingerprint density at radius 2 is 1.82 bits per heavy atom. The molecule has 34 heavy (non-hydrogen) atoms. The minimum absolute atomic E-state index is 0.00241. The summed E-state index contributed by atoms with van der Waals surface area (Å²) in [6.45, 7) is 6.83. The fourth-order valence-corrected chi connectivity index (χ4v) is 5.61. The first-order valence-corrected chi connectivity index (χ1v) is 13.0. The van der Waals surface area contributed by atoms with E-state index in [-0.39, 0.29) is 22.0 Å². The normalized spacial score (nSPS) is 11.6. The van der Waals surface area contributed by atoms with Gasteiger partial charge in [0.2, 0.25) is 0 Å². The van der Waals surface area contributed by atoms with E-state index in [1.54, 1.807) is 42.5 Å². The average Bonchev–Trinajstić information content (AvgIpc) is 3.37. The number of sulfone groups is 1. The molecule has 1 heterocycles. The van der Waals surface area contributed by atoms with Crippen LogP contribution in [-0.4, -0.2) is 51.1 Å². The molecule has 0 aliphatic carbocycles. The molecule has 0 bridgehead atoms. The lowest BCUT2D eigenvalue weighted by atomic mass is 9.91. The Hall–Kier alpha value is -3.10. The smallest absolute Gasteiger partial charge is 0.339 e. The number of carboxylic acids is 1. The third-order valence-corrected chi connectivity index (χ3v) is 7.63. The lowest BCUT2D eigenvalue weighted by Gasteiger charge is -2.21. The van der Waals surface area contributed by atoms with Gasteiger partial charge in [0.25, 0.3) is 0 Å². The van der Waals surface area contributed by atoms with Gasteiger partial charge in [0.05, 0.1) is 30.3 Å². The number of rotatable bonds is 12. The van der Waals surface area contributed by atoms with Crippen LogP contribution in [0.2, 0.25) is 0 Å². The lowest BCUT2D eigenvalue weighted by molar-refractivity contribution is 0.0693. The number of benzene rings is 2. The minimum atomic E-state index is -3.70. The summed E-state index contributed by atoms with van der Waals surface area (Å²) in [6.07, 6.45) is 4.24. The largest absolute Gasteiger partial charge is 0.495 e. The summed E-state index contributed by atoms with van der Waals surface area (Å²) >= 11 is 0. The van der Waals surface area contributed by atoms with Gasteiger partial charge in [-0.1, -0.05) is 32.0 Å². The van der Waals surface area contributed by atoms with Crippen LogP contribution >= 0.6 is 0 Å². The van der Waals surface area contributed by atoms with Crippen molar-refractivity contribution in [2.45, 2.75) is 37.3 Å². The first-order valence-electron chi connectivity index (χ1n) is 11.3. The molecule has 0 aliphatic rings. The summed E-state index contributed by atoms with van der Waals surface area (Å²) in [4.78, 5) is 14.6. The Labute approximate surface area is 200 Å². The first kappa shape index (κ1) is 25.5. The van der Waals surface area contributed by atoms with Crippen molar-refractivity contribution in [1.82, 2.24) is 4.90 Å². The molecule has 0 atom stereocenters. The zero-order valence-electron chi connectivity index (χ0n) is 19.8. The molecule has 7 nitrogen and oxygen atoms in total. The van der Waals surface area contributed by atoms with E-state index < -0.39 is 15.8 Å². The van der Waals surface area contributed by atoms with E-state index in [1.807, 2.05) is 0 Å². The molecule has 0 saturated carbocycles. The van der Waals surface area contributed by atoms with Crippen molar-refractivity contribution in [2.24, 2.45) is 0 Å². The second kappa shape index (κ2) is 11.4. The molecule has 3 rings (SSSR count). The zero-order valence-corrected chi connectivity index (χ0v) is 20.6. The van der Waals surface area contributed by atoms with E-state index >= 15 is 0 Å². The number of methoxy groups -OCH3 is 1. The number of aromatic carboxylic acids is 1. The number of hydrogen-bond acceptors (Lipinski definition) is 6. The van der Waals surface area contributed by atoms with E-state index in [4.69, 9.17) is 9.15 Å². The van der Waals surface area contributed by atoms with Crippen molar-refractivity contribution in [3.8, 4) is 16.9 Å². The van der Waals surface area contributed by atoms with Gasteiger partial charge in [-0.25, -0.2) is 13.2 Å². The summed E-state index contributed by atoms with van der Waals surface area (Å²) in [6, 6.07) is 11.5. The van der Waals surface area contributed by atoms with Gasteiger partial charge in [-0.2, -0.15) is 0 Å². The Kier molecular flexibility index (Phi) is 8.52. The number of furan rings is 1. The fraction of sp³-hybridized carbons (Fsp3) is 0.346. The number of carbonyl (C=O) groups is 1. The molecular formula is C26H31NO6S. The van der Waals surface area contributed by atoms with Crippen molar-refractivity contribution >= 4 is 15.8 Å². The topological polar surface area (TPSA) is 97.1 Å². The molecule has 1 aromatic heterocycles. The van der Waals surface area contributed by atoms with Crippen LogP contribution in [0.1, 0.15) is 41.8 Å². The quantitative estimate of drug-likeness (QED) is 0.390. The van der Waals surface area contributed by atoms with E-state index in [1.165, 1.54) is 19.6 Å². The molecule has 1 N–H and O–H groups in total. The highest BCUT2D eigenvalue weighted by molar-refractivity contribution is 7.90. The summed E-state index contributed by atoms with van der Waals surface area (Å²) in [5.74, 6) is -1.29. The highest BCUT2D eigenvalue weighted by Crippen LogP contribution is 2.41. The molecule has 2 aromatic carbocycles. The maximum Gasteiger partial charge on any atom is 0.339 e. The summed E-state index contributed by atoms with van der Waals surface area (Å²) < 4.78 is 37.6. The van der Waals surface area contributed by atoms with Crippen LogP contribution in [0.4, 0.5) is 0 Å². The minimum Gasteiger partial charge on any atom is -0.495 e. The second-order valence-electron chi connectivity index (χ2n) is 7.99. The molecule has 182 valence electrons. The molecule has 0 radical (unpaired) electrons. The van der Waals surface area contributed by atoms with Gasteiger partial charge in [0.1, 0.15) is 11.3 Å². The van der Waals surface area contributed by atoms with Crippen LogP contribution in [-0.2, 0) is 22.0 Å². The summed E-state index contributed by atoms with van der Waals surface area (Å²) in [5, 5.41) is 9.90. The predicted molar refractivity (Wildman–Crippen MR) is 131 cm³/mol. The molecule has 3 aromatic rings. The van der Waals surface area contributed by atoms with E-state index in [2.05, 4.69) is 18.7 Å². The maximum absolute atomic E-state index is 13.4. The van der Waals surface area contributed by atoms with Crippen molar-refractivity contribution < 1.29 is 27.5 Å². The van der Waals surface area contributed by atoms with Gasteiger partial charge in [-0.15, -0.1) is 0 Å². The van der Waals surface area contributed by atoms with Crippen molar-refractivity contribution in [2.75, 3.05) is 26.7 Å². The van der Waals surface area contributed by atoms with Gasteiger partial charge in [-0.3, -0.25) is 0 Å². The average molecular weight is 486 g/mol. The van der Waals surface area contributed by atoms with Crippen molar-refractivity contribution in [1.29, 1.82) is 0 Å². The van der Waals surface area contributed by atoms with Gasteiger partial charge < -0.3 is 19.2 Å². The first-order chi connectivity index (χ1) is 16.3. The highest BCUT2D eigenvalue weighted by Gasteiger charge is 2.27. The lowest BCUT2D eigenvalue weighted by Crippen LogP contribution is -2.24. The fourth-order valence-electron chi connectivity index (χ4n) is 4.16. The number of aryl methyl sites for hydroxylation is 1. The molecule has 8 heteroatoms. The Morgan fingerprint density at radius 1 is 1.12 bits per heavy atom. The van der Waals surface area contributed by atoms with E-state index in [0.29, 0.717) is 28.7 Å². The van der Waals surface area contributed by atoms with Crippen LogP contribution in [0.5, 0.6) is 5.75 Å². The van der Waals surface area contributed by atoms with Gasteiger partial charge in [0.15, 0.2) is 9.84 Å². The van der Waals surface area contributed by atoms with Gasteiger partial charge in [-0.05, 0) is 67.9 Å². The van der Waals surface area contributed by atoms with Gasteiger partial charge >= 0.3 is 5.97 Å². The summed E-state index contributed by atoms with van der Waals surface area (Å²) in [5.41, 5.74) is 2.22. The van der Waals surface area contributed by atoms with Crippen LogP contribution in [0, 0.1) is 0 Å². The molecule has 0 fully saturated rings. The van der Waals surface area contributed by atoms with E-state index in [9.17, 15) is 18.3 Å². The predicted octanol–water partition coefficient (Wildman–Crippen LogP) is 4.90. The Bertz CT molecular complexity index is 1200. The monoisotopic (exact) mass is 485 g/mol. The Balaban J connectivity index is 2.19. The number of hydrogen-bond donors (Lipinski definition) is 1. The van der Waals surface area contributed by atoms with Crippen LogP contribution in [0.25, 0.3) is 11.1 Å². The second-order valence-corrected chi connectivity index (χ2v) is 9.98. The highest BCUT2D eigenvalue weighted by atomic mass is 32.2. The molecular weight excluding hydrogens is 454 g/mol. The van der Waals surface area contributed by atoms with Gasteiger partial charge in [0, 0.05) is 11.1 Å². The molecule has 0 amide bonds. The number of ether oxygens (including phenoxy) is 1. The molecule has 0 saturated heterocycles. The van der Waals surface area contributed by atoms with Crippen molar-refractivity contribution in [3.05, 3.63) is 71.7 Å². The number of nitrogens with zero attached hydrogens (tertiary/aromatic N) is 1. The van der Waals surface area contributed by atoms with Crippen LogP contribution in [0.15, 0.2) is 64.3 Å².